The van der Waals surface area contributed by atoms with Crippen molar-refractivity contribution in [3.63, 3.8) is 0 Å². The molecule has 0 amide bonds. The minimum Gasteiger partial charge on any atom is -0.445 e. The summed E-state index contributed by atoms with van der Waals surface area (Å²) < 4.78 is 0. The number of thioether (sulfide) groups is 1. The Morgan fingerprint density at radius 1 is 1.80 bits per heavy atom. The van der Waals surface area contributed by atoms with Crippen LogP contribution in [-0.4, -0.2) is 10.7 Å². The van der Waals surface area contributed by atoms with Gasteiger partial charge in [0.05, 0.1) is 0 Å². The smallest absolute Gasteiger partial charge is 0 e. The van der Waals surface area contributed by atoms with Crippen molar-refractivity contribution in [2.24, 2.45) is 0 Å². The first kappa shape index (κ1) is 11.1. The zero-order valence-corrected chi connectivity index (χ0v) is 10.3. The van der Waals surface area contributed by atoms with E-state index in [-0.39, 0.29) is 32.7 Å². The zero-order chi connectivity index (χ0) is 6.53. The molecule has 0 unspecified atom stereocenters. The van der Waals surface area contributed by atoms with Gasteiger partial charge in [-0.25, -0.2) is 11.3 Å². The average Bonchev–Trinajstić information content (AvgIpc) is 2.34. The molecule has 10 heavy (non-hydrogen) atoms. The third-order valence-corrected chi connectivity index (χ3v) is 2.67. The zero-order valence-electron chi connectivity index (χ0n) is 5.83. The molecule has 0 saturated heterocycles. The summed E-state index contributed by atoms with van der Waals surface area (Å²) in [7, 11) is 0. The molecule has 4 heteroatoms. The molecule has 0 bridgehead atoms. The van der Waals surface area contributed by atoms with Crippen molar-refractivity contribution in [3.05, 3.63) is 16.6 Å². The molecule has 0 fully saturated rings. The molecule has 0 atom stereocenters. The minimum atomic E-state index is 0. The summed E-state index contributed by atoms with van der Waals surface area (Å²) in [5, 5.41) is 3.08. The molecule has 0 N–H and O–H groups in total. The van der Waals surface area contributed by atoms with Gasteiger partial charge in [-0.05, 0) is 11.5 Å². The topological polar surface area (TPSA) is 12.9 Å². The van der Waals surface area contributed by atoms with Crippen molar-refractivity contribution < 1.29 is 32.7 Å². The minimum absolute atomic E-state index is 0. The molecular weight excluding hydrogens is 239 g/mol. The normalized spacial score (nSPS) is 8.90. The molecule has 0 aromatic carbocycles. The average molecular weight is 247 g/mol. The molecule has 53 valence electrons. The molecule has 0 aliphatic rings. The largest absolute Gasteiger partial charge is 0.445 e. The van der Waals surface area contributed by atoms with Crippen LogP contribution in [0.25, 0.3) is 0 Å². The fourth-order valence-corrected chi connectivity index (χ4v) is 1.79. The molecule has 0 aliphatic carbocycles. The van der Waals surface area contributed by atoms with Crippen molar-refractivity contribution >= 4 is 23.1 Å². The van der Waals surface area contributed by atoms with Gasteiger partial charge in [-0.1, -0.05) is 17.3 Å². The van der Waals surface area contributed by atoms with Crippen molar-refractivity contribution in [3.8, 4) is 0 Å². The fraction of sp³-hybridized carbons (Fsp3) is 0.500. The maximum Gasteiger partial charge on any atom is 0 e. The van der Waals surface area contributed by atoms with Crippen LogP contribution in [0.15, 0.2) is 5.38 Å². The van der Waals surface area contributed by atoms with Crippen LogP contribution in [0.3, 0.4) is 0 Å². The second kappa shape index (κ2) is 6.77. The van der Waals surface area contributed by atoms with Gasteiger partial charge < -0.3 is 4.98 Å². The van der Waals surface area contributed by atoms with E-state index in [1.54, 1.807) is 11.3 Å². The Hall–Kier alpha value is 1.08. The van der Waals surface area contributed by atoms with E-state index >= 15 is 0 Å². The number of nitrogens with zero attached hydrogens (tertiary/aromatic N) is 1. The second-order valence-electron chi connectivity index (χ2n) is 1.51. The van der Waals surface area contributed by atoms with Crippen molar-refractivity contribution in [2.45, 2.75) is 12.7 Å². The molecule has 0 spiro atoms. The summed E-state index contributed by atoms with van der Waals surface area (Å²) in [4.78, 5) is 4.03. The Kier molecular flexibility index (Phi) is 7.51. The first-order chi connectivity index (χ1) is 4.43. The van der Waals surface area contributed by atoms with Gasteiger partial charge in [0.1, 0.15) is 0 Å². The van der Waals surface area contributed by atoms with E-state index in [1.165, 1.54) is 10.8 Å². The van der Waals surface area contributed by atoms with Crippen LogP contribution < -0.4 is 0 Å². The van der Waals surface area contributed by atoms with Gasteiger partial charge in [0.25, 0.3) is 0 Å². The van der Waals surface area contributed by atoms with E-state index in [9.17, 15) is 0 Å². The fourth-order valence-electron chi connectivity index (χ4n) is 0.475. The summed E-state index contributed by atoms with van der Waals surface area (Å²) in [6, 6.07) is 0. The second-order valence-corrected chi connectivity index (χ2v) is 3.72. The number of rotatable bonds is 3. The van der Waals surface area contributed by atoms with E-state index in [0.29, 0.717) is 0 Å². The van der Waals surface area contributed by atoms with Gasteiger partial charge >= 0.3 is 0 Å². The Labute approximate surface area is 94.9 Å². The molecule has 1 aromatic rings. The Balaban J connectivity index is 0.000000810. The van der Waals surface area contributed by atoms with Gasteiger partial charge in [-0.2, -0.15) is 11.8 Å². The predicted molar refractivity (Wildman–Crippen MR) is 42.8 cm³/mol. The molecular formula is C6H8NS2Y-. The summed E-state index contributed by atoms with van der Waals surface area (Å²) in [5.74, 6) is 2.21. The Morgan fingerprint density at radius 2 is 2.60 bits per heavy atom. The van der Waals surface area contributed by atoms with Gasteiger partial charge in [0.2, 0.25) is 0 Å². The third kappa shape index (κ3) is 4.07. The molecule has 0 saturated carbocycles. The molecule has 1 radical (unpaired) electrons. The summed E-state index contributed by atoms with van der Waals surface area (Å²) >= 11 is 3.57. The van der Waals surface area contributed by atoms with Crippen LogP contribution in [0.5, 0.6) is 0 Å². The van der Waals surface area contributed by atoms with Crippen molar-refractivity contribution in [1.82, 2.24) is 4.98 Å². The van der Waals surface area contributed by atoms with Crippen LogP contribution in [-0.2, 0) is 38.5 Å². The van der Waals surface area contributed by atoms with Gasteiger partial charge in [0, 0.05) is 32.7 Å². The predicted octanol–water partition coefficient (Wildman–Crippen LogP) is 2.19. The number of aromatic nitrogens is 1. The molecule has 0 aliphatic heterocycles. The maximum absolute atomic E-state index is 4.03. The van der Waals surface area contributed by atoms with Crippen LogP contribution >= 0.6 is 23.1 Å². The van der Waals surface area contributed by atoms with Gasteiger partial charge in [0.15, 0.2) is 0 Å². The van der Waals surface area contributed by atoms with E-state index in [2.05, 4.69) is 18.1 Å². The maximum atomic E-state index is 4.03. The van der Waals surface area contributed by atoms with Gasteiger partial charge in [-0.15, -0.1) is 6.20 Å². The molecule has 1 aromatic heterocycles. The summed E-state index contributed by atoms with van der Waals surface area (Å²) in [5.41, 5.74) is 0. The Bertz CT molecular complexity index is 153. The van der Waals surface area contributed by atoms with Crippen molar-refractivity contribution in [2.75, 3.05) is 5.75 Å². The standard InChI is InChI=1S/C6H8NS2.Y/c1-2-8-5-6-7-3-4-9-6;/h4H,2,5H2,1H3;/q-1;. The van der Waals surface area contributed by atoms with E-state index in [1.807, 2.05) is 17.1 Å². The van der Waals surface area contributed by atoms with E-state index in [0.717, 1.165) is 5.75 Å². The third-order valence-electron chi connectivity index (χ3n) is 0.867. The summed E-state index contributed by atoms with van der Waals surface area (Å²) in [6.07, 6.45) is 2.79. The SMILES string of the molecule is CCSCc1n[c-]cs1.[Y]. The number of hydrogen-bond donors (Lipinski definition) is 0. The molecule has 1 heterocycles. The first-order valence-electron chi connectivity index (χ1n) is 2.81. The quantitative estimate of drug-likeness (QED) is 0.759. The number of hydrogen-bond acceptors (Lipinski definition) is 3. The van der Waals surface area contributed by atoms with Crippen LogP contribution in [0, 0.1) is 6.20 Å². The van der Waals surface area contributed by atoms with Gasteiger partial charge in [-0.3, -0.25) is 0 Å². The number of thiazole rings is 1. The van der Waals surface area contributed by atoms with E-state index in [4.69, 9.17) is 0 Å². The molecule has 1 nitrogen and oxygen atoms in total. The summed E-state index contributed by atoms with van der Waals surface area (Å²) in [6.45, 7) is 2.15. The van der Waals surface area contributed by atoms with E-state index < -0.39 is 0 Å². The van der Waals surface area contributed by atoms with Crippen LogP contribution in [0.1, 0.15) is 11.9 Å². The monoisotopic (exact) mass is 247 g/mol. The molecule has 1 rings (SSSR count). The first-order valence-corrected chi connectivity index (χ1v) is 4.85. The van der Waals surface area contributed by atoms with Crippen molar-refractivity contribution in [1.29, 1.82) is 0 Å². The van der Waals surface area contributed by atoms with Crippen LogP contribution in [0.4, 0.5) is 0 Å². The Morgan fingerprint density at radius 3 is 3.10 bits per heavy atom. The van der Waals surface area contributed by atoms with Crippen LogP contribution in [0.2, 0.25) is 0 Å².